The molecule has 0 fully saturated rings. The van der Waals surface area contributed by atoms with E-state index in [2.05, 4.69) is 5.32 Å². The number of rotatable bonds is 4. The fraction of sp³-hybridized carbons (Fsp3) is 0.200. The molecule has 0 aliphatic carbocycles. The highest BCUT2D eigenvalue weighted by Gasteiger charge is 2.36. The number of halogens is 1. The maximum Gasteiger partial charge on any atom is 0.254 e. The monoisotopic (exact) mass is 402 g/mol. The van der Waals surface area contributed by atoms with Gasteiger partial charge in [0.05, 0.1) is 0 Å². The molecule has 1 heterocycles. The fourth-order valence-electron chi connectivity index (χ4n) is 3.86. The Balaban J connectivity index is 1.61. The van der Waals surface area contributed by atoms with Crippen molar-refractivity contribution in [1.29, 1.82) is 0 Å². The largest absolute Gasteiger partial charge is 0.350 e. The smallest absolute Gasteiger partial charge is 0.254 e. The van der Waals surface area contributed by atoms with Crippen molar-refractivity contribution >= 4 is 11.8 Å². The van der Waals surface area contributed by atoms with Crippen molar-refractivity contribution in [3.8, 4) is 0 Å². The molecule has 2 amide bonds. The summed E-state index contributed by atoms with van der Waals surface area (Å²) in [4.78, 5) is 28.1. The fourth-order valence-corrected chi connectivity index (χ4v) is 3.86. The zero-order valence-corrected chi connectivity index (χ0v) is 16.8. The van der Waals surface area contributed by atoms with E-state index in [-0.39, 0.29) is 24.2 Å². The van der Waals surface area contributed by atoms with Crippen LogP contribution in [-0.4, -0.2) is 23.3 Å². The van der Waals surface area contributed by atoms with Gasteiger partial charge in [-0.3, -0.25) is 9.59 Å². The second-order valence-electron chi connectivity index (χ2n) is 7.56. The molecule has 0 aromatic heterocycles. The van der Waals surface area contributed by atoms with Gasteiger partial charge in [0.15, 0.2) is 0 Å². The SMILES string of the molecule is Cc1ccc(C(=O)N2CCc3ccccc3[C@H]2C(=O)NCc2cccc(F)c2)cc1. The minimum absolute atomic E-state index is 0.171. The van der Waals surface area contributed by atoms with Crippen LogP contribution in [0.5, 0.6) is 0 Å². The van der Waals surface area contributed by atoms with E-state index >= 15 is 0 Å². The molecule has 4 rings (SSSR count). The first kappa shape index (κ1) is 19.8. The van der Waals surface area contributed by atoms with Crippen LogP contribution in [0.3, 0.4) is 0 Å². The standard InChI is InChI=1S/C25H23FN2O2/c1-17-9-11-20(12-10-17)25(30)28-14-13-19-6-2-3-8-22(19)23(28)24(29)27-16-18-5-4-7-21(26)15-18/h2-12,15,23H,13-14,16H2,1H3,(H,27,29)/t23-/m0/s1. The number of carbonyl (C=O) groups is 2. The number of nitrogens with zero attached hydrogens (tertiary/aromatic N) is 1. The van der Waals surface area contributed by atoms with E-state index in [9.17, 15) is 14.0 Å². The first-order valence-corrected chi connectivity index (χ1v) is 10.0. The zero-order chi connectivity index (χ0) is 21.1. The molecule has 3 aromatic carbocycles. The molecule has 0 radical (unpaired) electrons. The Morgan fingerprint density at radius 3 is 2.57 bits per heavy atom. The summed E-state index contributed by atoms with van der Waals surface area (Å²) in [5, 5.41) is 2.88. The van der Waals surface area contributed by atoms with E-state index < -0.39 is 6.04 Å². The van der Waals surface area contributed by atoms with Crippen LogP contribution < -0.4 is 5.32 Å². The quantitative estimate of drug-likeness (QED) is 0.711. The molecular formula is C25H23FN2O2. The molecule has 0 unspecified atom stereocenters. The van der Waals surface area contributed by atoms with Gasteiger partial charge >= 0.3 is 0 Å². The van der Waals surface area contributed by atoms with Gasteiger partial charge in [0.1, 0.15) is 11.9 Å². The van der Waals surface area contributed by atoms with Gasteiger partial charge in [0, 0.05) is 18.7 Å². The summed E-state index contributed by atoms with van der Waals surface area (Å²) < 4.78 is 13.5. The highest BCUT2D eigenvalue weighted by molar-refractivity contribution is 5.98. The predicted octanol–water partition coefficient (Wildman–Crippen LogP) is 4.19. The predicted molar refractivity (Wildman–Crippen MR) is 113 cm³/mol. The molecule has 0 spiro atoms. The van der Waals surface area contributed by atoms with Crippen LogP contribution in [0.1, 0.15) is 38.7 Å². The molecule has 1 aliphatic rings. The number of hydrogen-bond acceptors (Lipinski definition) is 2. The highest BCUT2D eigenvalue weighted by Crippen LogP contribution is 2.31. The molecule has 30 heavy (non-hydrogen) atoms. The maximum atomic E-state index is 13.5. The average molecular weight is 402 g/mol. The number of aryl methyl sites for hydroxylation is 1. The van der Waals surface area contributed by atoms with Gasteiger partial charge in [-0.05, 0) is 54.3 Å². The topological polar surface area (TPSA) is 49.4 Å². The summed E-state index contributed by atoms with van der Waals surface area (Å²) in [6, 6.07) is 20.5. The van der Waals surface area contributed by atoms with Crippen molar-refractivity contribution in [3.05, 3.63) is 106 Å². The van der Waals surface area contributed by atoms with Crippen molar-refractivity contribution in [1.82, 2.24) is 10.2 Å². The number of carbonyl (C=O) groups excluding carboxylic acids is 2. The van der Waals surface area contributed by atoms with Crippen LogP contribution in [0.25, 0.3) is 0 Å². The van der Waals surface area contributed by atoms with Crippen molar-refractivity contribution < 1.29 is 14.0 Å². The van der Waals surface area contributed by atoms with Gasteiger partial charge in [0.25, 0.3) is 5.91 Å². The summed E-state index contributed by atoms with van der Waals surface area (Å²) in [6.45, 7) is 2.62. The number of amides is 2. The third-order valence-electron chi connectivity index (χ3n) is 5.45. The summed E-state index contributed by atoms with van der Waals surface area (Å²) in [5.41, 5.74) is 4.20. The van der Waals surface area contributed by atoms with E-state index in [1.165, 1.54) is 12.1 Å². The Bertz CT molecular complexity index is 1080. The first-order chi connectivity index (χ1) is 14.5. The van der Waals surface area contributed by atoms with Gasteiger partial charge in [0.2, 0.25) is 5.91 Å². The second-order valence-corrected chi connectivity index (χ2v) is 7.56. The minimum atomic E-state index is -0.725. The van der Waals surface area contributed by atoms with Crippen molar-refractivity contribution in [2.24, 2.45) is 0 Å². The molecule has 1 N–H and O–H groups in total. The number of nitrogens with one attached hydrogen (secondary N) is 1. The summed E-state index contributed by atoms with van der Waals surface area (Å²) >= 11 is 0. The van der Waals surface area contributed by atoms with Crippen LogP contribution in [0.15, 0.2) is 72.8 Å². The molecule has 4 nitrogen and oxygen atoms in total. The number of benzene rings is 3. The van der Waals surface area contributed by atoms with E-state index in [1.807, 2.05) is 43.3 Å². The van der Waals surface area contributed by atoms with Gasteiger partial charge in [-0.2, -0.15) is 0 Å². The van der Waals surface area contributed by atoms with Crippen LogP contribution in [0.4, 0.5) is 4.39 Å². The molecule has 1 atom stereocenters. The maximum absolute atomic E-state index is 13.5. The van der Waals surface area contributed by atoms with Gasteiger partial charge < -0.3 is 10.2 Å². The molecule has 1 aliphatic heterocycles. The van der Waals surface area contributed by atoms with Gasteiger partial charge in [-0.15, -0.1) is 0 Å². The number of fused-ring (bicyclic) bond motifs is 1. The van der Waals surface area contributed by atoms with Crippen molar-refractivity contribution in [2.75, 3.05) is 6.54 Å². The van der Waals surface area contributed by atoms with Crippen molar-refractivity contribution in [2.45, 2.75) is 25.9 Å². The molecule has 0 saturated carbocycles. The molecule has 0 bridgehead atoms. The Hall–Kier alpha value is -3.47. The zero-order valence-electron chi connectivity index (χ0n) is 16.8. The summed E-state index contributed by atoms with van der Waals surface area (Å²) in [5.74, 6) is -0.789. The van der Waals surface area contributed by atoms with Gasteiger partial charge in [-0.1, -0.05) is 54.1 Å². The van der Waals surface area contributed by atoms with E-state index in [4.69, 9.17) is 0 Å². The Morgan fingerprint density at radius 2 is 1.80 bits per heavy atom. The lowest BCUT2D eigenvalue weighted by Gasteiger charge is -2.36. The third kappa shape index (κ3) is 4.10. The van der Waals surface area contributed by atoms with Crippen LogP contribution in [0, 0.1) is 12.7 Å². The Morgan fingerprint density at radius 1 is 1.03 bits per heavy atom. The molecular weight excluding hydrogens is 379 g/mol. The lowest BCUT2D eigenvalue weighted by molar-refractivity contribution is -0.126. The third-order valence-corrected chi connectivity index (χ3v) is 5.45. The van der Waals surface area contributed by atoms with Crippen LogP contribution in [-0.2, 0) is 17.8 Å². The van der Waals surface area contributed by atoms with Crippen LogP contribution in [0.2, 0.25) is 0 Å². The van der Waals surface area contributed by atoms with Gasteiger partial charge in [-0.25, -0.2) is 4.39 Å². The summed E-state index contributed by atoms with van der Waals surface area (Å²) in [6.07, 6.45) is 0.696. The average Bonchev–Trinajstić information content (AvgIpc) is 2.77. The van der Waals surface area contributed by atoms with E-state index in [0.717, 1.165) is 16.7 Å². The van der Waals surface area contributed by atoms with E-state index in [0.29, 0.717) is 24.1 Å². The minimum Gasteiger partial charge on any atom is -0.350 e. The van der Waals surface area contributed by atoms with Crippen molar-refractivity contribution in [3.63, 3.8) is 0 Å². The molecule has 152 valence electrons. The molecule has 0 saturated heterocycles. The van der Waals surface area contributed by atoms with Crippen LogP contribution >= 0.6 is 0 Å². The Kier molecular flexibility index (Phi) is 5.61. The number of hydrogen-bond donors (Lipinski definition) is 1. The molecule has 3 aromatic rings. The normalized spacial score (nSPS) is 15.4. The lowest BCUT2D eigenvalue weighted by Crippen LogP contribution is -2.47. The summed E-state index contributed by atoms with van der Waals surface area (Å²) in [7, 11) is 0. The highest BCUT2D eigenvalue weighted by atomic mass is 19.1. The first-order valence-electron chi connectivity index (χ1n) is 10.0. The molecule has 5 heteroatoms. The Labute approximate surface area is 175 Å². The lowest BCUT2D eigenvalue weighted by atomic mass is 9.91. The second kappa shape index (κ2) is 8.49. The van der Waals surface area contributed by atoms with E-state index in [1.54, 1.807) is 29.2 Å².